The molecule has 3 atom stereocenters. The average Bonchev–Trinajstić information content (AvgIpc) is 2.64. The van der Waals surface area contributed by atoms with E-state index >= 15 is 0 Å². The van der Waals surface area contributed by atoms with Crippen LogP contribution in [-0.4, -0.2) is 32.8 Å². The molecule has 1 saturated carbocycles. The molecule has 136 valence electrons. The number of nitrogens with one attached hydrogen (secondary N) is 1. The third kappa shape index (κ3) is 5.36. The van der Waals surface area contributed by atoms with Gasteiger partial charge in [-0.1, -0.05) is 19.8 Å². The van der Waals surface area contributed by atoms with Crippen molar-refractivity contribution < 1.29 is 19.0 Å². The van der Waals surface area contributed by atoms with Crippen LogP contribution >= 0.6 is 0 Å². The second-order valence-electron chi connectivity index (χ2n) is 6.44. The van der Waals surface area contributed by atoms with Gasteiger partial charge in [-0.25, -0.2) is 0 Å². The molecule has 2 rings (SSSR count). The maximum absolute atomic E-state index is 12.2. The molecule has 1 fully saturated rings. The highest BCUT2D eigenvalue weighted by molar-refractivity contribution is 5.78. The smallest absolute Gasteiger partial charge is 0.247 e. The zero-order chi connectivity index (χ0) is 18.2. The number of amides is 1. The number of hydrogen-bond acceptors (Lipinski definition) is 5. The molecule has 1 N–H and O–H groups in total. The molecule has 25 heavy (non-hydrogen) atoms. The first-order valence-electron chi connectivity index (χ1n) is 8.59. The SMILES string of the molecule is COc1ccc(C(C#N)NC(=O)COC2CCCC(C)C2)c(OC)c1. The minimum atomic E-state index is -0.803. The number of carbonyl (C=O) groups is 1. The number of benzene rings is 1. The topological polar surface area (TPSA) is 80.6 Å². The lowest BCUT2D eigenvalue weighted by Crippen LogP contribution is -2.33. The molecule has 0 bridgehead atoms. The van der Waals surface area contributed by atoms with Crippen LogP contribution in [0.5, 0.6) is 11.5 Å². The first-order chi connectivity index (χ1) is 12.1. The van der Waals surface area contributed by atoms with E-state index in [4.69, 9.17) is 14.2 Å². The van der Waals surface area contributed by atoms with E-state index in [1.165, 1.54) is 13.5 Å². The van der Waals surface area contributed by atoms with Crippen LogP contribution in [0, 0.1) is 17.2 Å². The maximum atomic E-state index is 12.2. The van der Waals surface area contributed by atoms with Gasteiger partial charge in [0.05, 0.1) is 26.4 Å². The van der Waals surface area contributed by atoms with Gasteiger partial charge in [0, 0.05) is 11.6 Å². The van der Waals surface area contributed by atoms with E-state index in [2.05, 4.69) is 18.3 Å². The van der Waals surface area contributed by atoms with Crippen LogP contribution in [0.1, 0.15) is 44.2 Å². The molecule has 1 aliphatic carbocycles. The van der Waals surface area contributed by atoms with Gasteiger partial charge >= 0.3 is 0 Å². The number of nitrogens with zero attached hydrogens (tertiary/aromatic N) is 1. The Kier molecular flexibility index (Phi) is 7.08. The van der Waals surface area contributed by atoms with Gasteiger partial charge in [0.1, 0.15) is 24.1 Å². The summed E-state index contributed by atoms with van der Waals surface area (Å²) in [7, 11) is 3.07. The molecule has 0 aliphatic heterocycles. The lowest BCUT2D eigenvalue weighted by molar-refractivity contribution is -0.129. The summed E-state index contributed by atoms with van der Waals surface area (Å²) in [4.78, 5) is 12.2. The van der Waals surface area contributed by atoms with Crippen molar-refractivity contribution in [2.45, 2.75) is 44.8 Å². The van der Waals surface area contributed by atoms with Crippen molar-refractivity contribution in [1.29, 1.82) is 5.26 Å². The summed E-state index contributed by atoms with van der Waals surface area (Å²) in [6.07, 6.45) is 4.47. The Labute approximate surface area is 149 Å². The van der Waals surface area contributed by atoms with Gasteiger partial charge in [-0.3, -0.25) is 4.79 Å². The van der Waals surface area contributed by atoms with Crippen molar-refractivity contribution in [3.8, 4) is 17.6 Å². The Morgan fingerprint density at radius 2 is 2.16 bits per heavy atom. The Bertz CT molecular complexity index is 626. The second-order valence-corrected chi connectivity index (χ2v) is 6.44. The molecular weight excluding hydrogens is 320 g/mol. The van der Waals surface area contributed by atoms with Crippen molar-refractivity contribution in [2.75, 3.05) is 20.8 Å². The first kappa shape index (κ1) is 19.1. The number of hydrogen-bond donors (Lipinski definition) is 1. The summed E-state index contributed by atoms with van der Waals surface area (Å²) in [5.74, 6) is 1.45. The number of nitriles is 1. The summed E-state index contributed by atoms with van der Waals surface area (Å²) in [5, 5.41) is 12.1. The fourth-order valence-corrected chi connectivity index (χ4v) is 3.16. The van der Waals surface area contributed by atoms with Crippen LogP contribution in [0.3, 0.4) is 0 Å². The zero-order valence-corrected chi connectivity index (χ0v) is 15.1. The summed E-state index contributed by atoms with van der Waals surface area (Å²) < 4.78 is 16.2. The molecule has 3 unspecified atom stereocenters. The number of methoxy groups -OCH3 is 2. The third-order valence-corrected chi connectivity index (χ3v) is 4.52. The van der Waals surface area contributed by atoms with Gasteiger partial charge in [-0.05, 0) is 30.9 Å². The maximum Gasteiger partial charge on any atom is 0.247 e. The first-order valence-corrected chi connectivity index (χ1v) is 8.59. The lowest BCUT2D eigenvalue weighted by Gasteiger charge is -2.26. The van der Waals surface area contributed by atoms with E-state index in [1.807, 2.05) is 0 Å². The number of carbonyl (C=O) groups excluding carboxylic acids is 1. The number of ether oxygens (including phenoxy) is 3. The van der Waals surface area contributed by atoms with E-state index in [0.717, 1.165) is 19.3 Å². The van der Waals surface area contributed by atoms with Gasteiger partial charge in [-0.2, -0.15) is 5.26 Å². The van der Waals surface area contributed by atoms with Gasteiger partial charge in [0.25, 0.3) is 0 Å². The quantitative estimate of drug-likeness (QED) is 0.821. The molecule has 0 heterocycles. The highest BCUT2D eigenvalue weighted by atomic mass is 16.5. The van der Waals surface area contributed by atoms with E-state index in [1.54, 1.807) is 25.3 Å². The van der Waals surface area contributed by atoms with Crippen LogP contribution in [0.15, 0.2) is 18.2 Å². The van der Waals surface area contributed by atoms with E-state index in [0.29, 0.717) is 23.0 Å². The highest BCUT2D eigenvalue weighted by Crippen LogP contribution is 2.29. The van der Waals surface area contributed by atoms with Crippen LogP contribution in [0.2, 0.25) is 0 Å². The van der Waals surface area contributed by atoms with E-state index in [-0.39, 0.29) is 18.6 Å². The van der Waals surface area contributed by atoms with Crippen LogP contribution in [0.25, 0.3) is 0 Å². The molecule has 0 aromatic heterocycles. The molecular formula is C19H26N2O4. The molecule has 0 spiro atoms. The summed E-state index contributed by atoms with van der Waals surface area (Å²) in [5.41, 5.74) is 0.588. The van der Waals surface area contributed by atoms with Crippen molar-refractivity contribution in [3.05, 3.63) is 23.8 Å². The Morgan fingerprint density at radius 3 is 2.80 bits per heavy atom. The Hall–Kier alpha value is -2.26. The molecule has 6 nitrogen and oxygen atoms in total. The normalized spacial score (nSPS) is 21.0. The van der Waals surface area contributed by atoms with E-state index in [9.17, 15) is 10.1 Å². The van der Waals surface area contributed by atoms with Gasteiger partial charge in [0.2, 0.25) is 5.91 Å². The fourth-order valence-electron chi connectivity index (χ4n) is 3.16. The van der Waals surface area contributed by atoms with E-state index < -0.39 is 6.04 Å². The van der Waals surface area contributed by atoms with Gasteiger partial charge in [-0.15, -0.1) is 0 Å². The molecule has 0 radical (unpaired) electrons. The number of rotatable bonds is 7. The molecule has 1 aliphatic rings. The summed E-state index contributed by atoms with van der Waals surface area (Å²) >= 11 is 0. The monoisotopic (exact) mass is 346 g/mol. The molecule has 1 aromatic carbocycles. The minimum Gasteiger partial charge on any atom is -0.497 e. The minimum absolute atomic E-state index is 0.0337. The predicted octanol–water partition coefficient (Wildman–Crippen LogP) is 2.98. The fraction of sp³-hybridized carbons (Fsp3) is 0.579. The van der Waals surface area contributed by atoms with Gasteiger partial charge in [0.15, 0.2) is 0 Å². The lowest BCUT2D eigenvalue weighted by atomic mass is 9.89. The van der Waals surface area contributed by atoms with Crippen molar-refractivity contribution >= 4 is 5.91 Å². The summed E-state index contributed by atoms with van der Waals surface area (Å²) in [6.45, 7) is 2.17. The molecule has 1 aromatic rings. The summed E-state index contributed by atoms with van der Waals surface area (Å²) in [6, 6.07) is 6.43. The Morgan fingerprint density at radius 1 is 1.36 bits per heavy atom. The second kappa shape index (κ2) is 9.28. The largest absolute Gasteiger partial charge is 0.497 e. The molecule has 0 saturated heterocycles. The molecule has 6 heteroatoms. The van der Waals surface area contributed by atoms with Crippen LogP contribution in [0.4, 0.5) is 0 Å². The Balaban J connectivity index is 1.95. The third-order valence-electron chi connectivity index (χ3n) is 4.52. The van der Waals surface area contributed by atoms with Crippen molar-refractivity contribution in [3.63, 3.8) is 0 Å². The van der Waals surface area contributed by atoms with Crippen LogP contribution in [-0.2, 0) is 9.53 Å². The highest BCUT2D eigenvalue weighted by Gasteiger charge is 2.22. The molecule has 1 amide bonds. The zero-order valence-electron chi connectivity index (χ0n) is 15.1. The predicted molar refractivity (Wildman–Crippen MR) is 93.4 cm³/mol. The van der Waals surface area contributed by atoms with Crippen molar-refractivity contribution in [1.82, 2.24) is 5.32 Å². The average molecular weight is 346 g/mol. The van der Waals surface area contributed by atoms with Crippen LogP contribution < -0.4 is 14.8 Å². The van der Waals surface area contributed by atoms with Crippen molar-refractivity contribution in [2.24, 2.45) is 5.92 Å². The standard InChI is InChI=1S/C19H26N2O4/c1-13-5-4-6-15(9-13)25-12-19(22)21-17(11-20)16-8-7-14(23-2)10-18(16)24-3/h7-8,10,13,15,17H,4-6,9,12H2,1-3H3,(H,21,22). The van der Waals surface area contributed by atoms with Gasteiger partial charge < -0.3 is 19.5 Å².